The summed E-state index contributed by atoms with van der Waals surface area (Å²) in [6, 6.07) is 56.2. The Kier molecular flexibility index (Phi) is 17.4. The molecule has 4 heterocycles. The van der Waals surface area contributed by atoms with Crippen molar-refractivity contribution in [3.63, 3.8) is 0 Å². The van der Waals surface area contributed by atoms with Crippen LogP contribution in [0.1, 0.15) is 78.6 Å². The average Bonchev–Trinajstić information content (AvgIpc) is 3.63. The highest BCUT2D eigenvalue weighted by Crippen LogP contribution is 2.45. The minimum absolute atomic E-state index is 0.00916. The van der Waals surface area contributed by atoms with Crippen molar-refractivity contribution in [1.82, 2.24) is 29.4 Å². The highest BCUT2D eigenvalue weighted by molar-refractivity contribution is 7.98. The van der Waals surface area contributed by atoms with Crippen molar-refractivity contribution in [3.05, 3.63) is 211 Å². The molecule has 0 radical (unpaired) electrons. The minimum Gasteiger partial charge on any atom is -0.363 e. The molecule has 6 aromatic carbocycles. The van der Waals surface area contributed by atoms with Gasteiger partial charge in [-0.25, -0.2) is 36.2 Å². The second-order valence-corrected chi connectivity index (χ2v) is 26.3. The van der Waals surface area contributed by atoms with E-state index in [-0.39, 0.29) is 27.0 Å². The van der Waals surface area contributed by atoms with Gasteiger partial charge >= 0.3 is 0 Å². The van der Waals surface area contributed by atoms with E-state index in [1.807, 2.05) is 118 Å². The molecule has 0 amide bonds. The molecule has 0 spiro atoms. The van der Waals surface area contributed by atoms with Gasteiger partial charge in [0.25, 0.3) is 0 Å². The quantitative estimate of drug-likeness (QED) is 0.0570. The summed E-state index contributed by atoms with van der Waals surface area (Å²) in [6.07, 6.45) is 8.04. The molecule has 414 valence electrons. The molecule has 0 fully saturated rings. The van der Waals surface area contributed by atoms with Crippen LogP contribution in [0.25, 0.3) is 66.1 Å². The molecule has 0 aliphatic rings. The lowest BCUT2D eigenvalue weighted by molar-refractivity contribution is 0.489. The van der Waals surface area contributed by atoms with E-state index in [9.17, 15) is 16.8 Å². The van der Waals surface area contributed by atoms with Crippen LogP contribution in [0, 0.1) is 0 Å². The number of thioether (sulfide) groups is 1. The van der Waals surface area contributed by atoms with Crippen LogP contribution in [-0.4, -0.2) is 54.1 Å². The number of sulfonamides is 2. The highest BCUT2D eigenvalue weighted by atomic mass is 35.5. The van der Waals surface area contributed by atoms with E-state index in [0.717, 1.165) is 71.3 Å². The number of hydrogen-bond donors (Lipinski definition) is 4. The Morgan fingerprint density at radius 1 is 0.469 bits per heavy atom. The zero-order valence-electron chi connectivity index (χ0n) is 46.7. The molecule has 2 unspecified atom stereocenters. The molecule has 4 N–H and O–H groups in total. The lowest BCUT2D eigenvalue weighted by atomic mass is 9.94. The van der Waals surface area contributed by atoms with E-state index < -0.39 is 31.1 Å². The van der Waals surface area contributed by atoms with Crippen LogP contribution in [0.2, 0.25) is 5.15 Å². The van der Waals surface area contributed by atoms with Crippen molar-refractivity contribution in [2.75, 3.05) is 16.9 Å². The number of nitrogens with zero attached hydrogens (tertiary/aromatic N) is 4. The summed E-state index contributed by atoms with van der Waals surface area (Å²) >= 11 is 8.42. The van der Waals surface area contributed by atoms with Crippen molar-refractivity contribution in [2.24, 2.45) is 0 Å². The smallest absolute Gasteiger partial charge is 0.242 e. The van der Waals surface area contributed by atoms with Crippen LogP contribution < -0.4 is 20.1 Å². The van der Waals surface area contributed by atoms with E-state index >= 15 is 0 Å². The molecule has 12 nitrogen and oxygen atoms in total. The van der Waals surface area contributed by atoms with Gasteiger partial charge in [-0.1, -0.05) is 169 Å². The Morgan fingerprint density at radius 2 is 0.852 bits per heavy atom. The molecule has 16 heteroatoms. The van der Waals surface area contributed by atoms with Gasteiger partial charge in [0.2, 0.25) is 20.0 Å². The van der Waals surface area contributed by atoms with Gasteiger partial charge in [0.05, 0.1) is 0 Å². The standard InChI is InChI=1S/C33H34N4O2S2.C32H31ClN4O2S/c1-22(23-13-8-6-9-14-23)35-31-30-27(24-15-10-7-11-16-24)17-12-18-28(30)29(32(36-31)40-5)25-19-26(21-34-20-25)41(38,39)37-33(2,3)4;1-21(22-12-7-5-8-13-22)35-31-29-26(23-14-9-6-10-15-23)16-11-17-27(29)28(30(33)36-31)24-18-25(20-34-19-24)40(38,39)37-32(2,3)4/h6-22,37H,1-5H3,(H,35,36);5-21,37H,1-4H3,(H,35,36). The van der Waals surface area contributed by atoms with E-state index in [0.29, 0.717) is 22.5 Å². The first-order valence-corrected chi connectivity index (χ1v) is 31.0. The Bertz CT molecular complexity index is 4090. The van der Waals surface area contributed by atoms with Crippen LogP contribution in [0.4, 0.5) is 11.6 Å². The van der Waals surface area contributed by atoms with Crippen molar-refractivity contribution in [1.29, 1.82) is 0 Å². The normalized spacial score (nSPS) is 12.8. The SMILES string of the molecule is CC(Nc1nc(Cl)c(-c2cncc(S(=O)(=O)NC(C)(C)C)c2)c2cccc(-c3ccccc3)c12)c1ccccc1.CSc1nc(NC(C)c2ccccc2)c2c(-c3ccccc3)cccc2c1-c1cncc(S(=O)(=O)NC(C)(C)C)c1. The van der Waals surface area contributed by atoms with Gasteiger partial charge in [0.1, 0.15) is 31.6 Å². The molecule has 10 rings (SSSR count). The second-order valence-electron chi connectivity index (χ2n) is 21.7. The summed E-state index contributed by atoms with van der Waals surface area (Å²) in [5, 5.41) is 11.9. The molecule has 0 aliphatic carbocycles. The molecule has 0 aliphatic heterocycles. The Hall–Kier alpha value is -7.50. The molecule has 10 aromatic rings. The van der Waals surface area contributed by atoms with Gasteiger partial charge in [-0.2, -0.15) is 0 Å². The average molecular weight is 1150 g/mol. The van der Waals surface area contributed by atoms with E-state index in [4.69, 9.17) is 21.6 Å². The fourth-order valence-corrected chi connectivity index (χ4v) is 13.4. The van der Waals surface area contributed by atoms with Crippen LogP contribution in [0.15, 0.2) is 209 Å². The number of pyridine rings is 4. The summed E-state index contributed by atoms with van der Waals surface area (Å²) in [6.45, 7) is 15.0. The number of rotatable bonds is 15. The maximum Gasteiger partial charge on any atom is 0.242 e. The summed E-state index contributed by atoms with van der Waals surface area (Å²) < 4.78 is 58.1. The maximum absolute atomic E-state index is 13.2. The number of nitrogens with one attached hydrogen (secondary N) is 4. The van der Waals surface area contributed by atoms with Crippen LogP contribution in [0.3, 0.4) is 0 Å². The number of anilines is 2. The van der Waals surface area contributed by atoms with Gasteiger partial charge in [-0.05, 0) is 118 Å². The lowest BCUT2D eigenvalue weighted by Gasteiger charge is -2.22. The molecule has 2 atom stereocenters. The summed E-state index contributed by atoms with van der Waals surface area (Å²) in [5.41, 5.74) is 7.85. The first-order chi connectivity index (χ1) is 38.6. The third-order valence-corrected chi connectivity index (χ3v) is 17.6. The van der Waals surface area contributed by atoms with E-state index in [1.54, 1.807) is 45.3 Å². The number of fused-ring (bicyclic) bond motifs is 2. The van der Waals surface area contributed by atoms with Crippen LogP contribution >= 0.6 is 23.4 Å². The highest BCUT2D eigenvalue weighted by Gasteiger charge is 2.27. The Morgan fingerprint density at radius 3 is 1.26 bits per heavy atom. The Balaban J connectivity index is 0.000000196. The minimum atomic E-state index is -3.81. The van der Waals surface area contributed by atoms with Crippen molar-refractivity contribution >= 4 is 76.6 Å². The van der Waals surface area contributed by atoms with Gasteiger partial charge in [-0.3, -0.25) is 9.97 Å². The predicted octanol–water partition coefficient (Wildman–Crippen LogP) is 15.8. The maximum atomic E-state index is 13.2. The van der Waals surface area contributed by atoms with Gasteiger partial charge < -0.3 is 10.6 Å². The number of halogens is 1. The van der Waals surface area contributed by atoms with Crippen molar-refractivity contribution in [3.8, 4) is 44.5 Å². The third kappa shape index (κ3) is 13.6. The fourth-order valence-electron chi connectivity index (χ4n) is 9.70. The molecule has 0 saturated heterocycles. The summed E-state index contributed by atoms with van der Waals surface area (Å²) in [5.74, 6) is 1.42. The van der Waals surface area contributed by atoms with Crippen molar-refractivity contribution < 1.29 is 16.8 Å². The monoisotopic (exact) mass is 1150 g/mol. The zero-order chi connectivity index (χ0) is 57.7. The summed E-state index contributed by atoms with van der Waals surface area (Å²) in [4.78, 5) is 18.8. The predicted molar refractivity (Wildman–Crippen MR) is 335 cm³/mol. The molecular weight excluding hydrogens is 1090 g/mol. The van der Waals surface area contributed by atoms with Gasteiger partial charge in [0, 0.05) is 81.0 Å². The number of aromatic nitrogens is 4. The fraction of sp³-hybridized carbons (Fsp3) is 0.200. The lowest BCUT2D eigenvalue weighted by Crippen LogP contribution is -2.40. The van der Waals surface area contributed by atoms with Gasteiger partial charge in [-0.15, -0.1) is 11.8 Å². The first kappa shape index (κ1) is 58.2. The molecular formula is C65H65ClN8O4S3. The number of hydrogen-bond acceptors (Lipinski definition) is 11. The molecule has 0 saturated carbocycles. The number of benzene rings is 6. The summed E-state index contributed by atoms with van der Waals surface area (Å²) in [7, 11) is -7.59. The van der Waals surface area contributed by atoms with Crippen LogP contribution in [0.5, 0.6) is 0 Å². The molecule has 81 heavy (non-hydrogen) atoms. The van der Waals surface area contributed by atoms with Crippen LogP contribution in [-0.2, 0) is 20.0 Å². The Labute approximate surface area is 485 Å². The van der Waals surface area contributed by atoms with Gasteiger partial charge in [0.15, 0.2) is 0 Å². The molecule has 0 bridgehead atoms. The molecule has 4 aromatic heterocycles. The van der Waals surface area contributed by atoms with E-state index in [1.165, 1.54) is 24.2 Å². The first-order valence-electron chi connectivity index (χ1n) is 26.5. The van der Waals surface area contributed by atoms with Crippen molar-refractivity contribution in [2.45, 2.75) is 93.4 Å². The largest absolute Gasteiger partial charge is 0.363 e. The zero-order valence-corrected chi connectivity index (χ0v) is 49.9. The topological polar surface area (TPSA) is 168 Å². The van der Waals surface area contributed by atoms with E-state index in [2.05, 4.69) is 111 Å². The second kappa shape index (κ2) is 24.3. The third-order valence-electron chi connectivity index (χ3n) is 13.2.